The molecule has 0 saturated heterocycles. The van der Waals surface area contributed by atoms with Gasteiger partial charge in [0.05, 0.1) is 5.69 Å². The van der Waals surface area contributed by atoms with Gasteiger partial charge in [-0.1, -0.05) is 39.5 Å². The Morgan fingerprint density at radius 3 is 2.57 bits per heavy atom. The predicted octanol–water partition coefficient (Wildman–Crippen LogP) is 3.56. The normalized spacial score (nSPS) is 18.7. The zero-order valence-corrected chi connectivity index (χ0v) is 13.7. The maximum atomic E-state index is 6.17. The molecule has 0 spiro atoms. The highest BCUT2D eigenvalue weighted by Gasteiger charge is 2.36. The van der Waals surface area contributed by atoms with Crippen molar-refractivity contribution in [3.05, 3.63) is 23.8 Å². The lowest BCUT2D eigenvalue weighted by atomic mass is 9.93. The smallest absolute Gasteiger partial charge is 0.160 e. The van der Waals surface area contributed by atoms with Crippen LogP contribution in [0.1, 0.15) is 70.8 Å². The van der Waals surface area contributed by atoms with Crippen LogP contribution in [0.3, 0.4) is 0 Å². The molecule has 4 nitrogen and oxygen atoms in total. The molecule has 1 aromatic heterocycles. The Morgan fingerprint density at radius 2 is 1.95 bits per heavy atom. The third kappa shape index (κ3) is 4.48. The Balaban J connectivity index is 2.20. The number of ether oxygens (including phenoxy) is 1. The van der Waals surface area contributed by atoms with Crippen LogP contribution in [-0.2, 0) is 16.9 Å². The standard InChI is InChI=1S/C17H29N3O/c1-4-21-17(10-7-5-6-8-11-17)16-18-12-9-15(20-16)13-19-14(2)3/h9,12,14,19H,4-8,10-11,13H2,1-3H3. The molecule has 0 radical (unpaired) electrons. The summed E-state index contributed by atoms with van der Waals surface area (Å²) in [6.07, 6.45) is 8.97. The molecule has 4 heteroatoms. The van der Waals surface area contributed by atoms with Gasteiger partial charge in [-0.15, -0.1) is 0 Å². The van der Waals surface area contributed by atoms with Crippen LogP contribution in [0.5, 0.6) is 0 Å². The fourth-order valence-corrected chi connectivity index (χ4v) is 3.03. The lowest BCUT2D eigenvalue weighted by Gasteiger charge is -2.31. The summed E-state index contributed by atoms with van der Waals surface area (Å²) in [6.45, 7) is 7.87. The van der Waals surface area contributed by atoms with Crippen LogP contribution in [0, 0.1) is 0 Å². The first-order valence-corrected chi connectivity index (χ1v) is 8.36. The molecule has 0 atom stereocenters. The van der Waals surface area contributed by atoms with E-state index in [1.807, 2.05) is 12.3 Å². The molecule has 1 fully saturated rings. The zero-order valence-electron chi connectivity index (χ0n) is 13.7. The molecule has 1 N–H and O–H groups in total. The average molecular weight is 291 g/mol. The zero-order chi connectivity index (χ0) is 15.1. The lowest BCUT2D eigenvalue weighted by Crippen LogP contribution is -2.32. The van der Waals surface area contributed by atoms with E-state index >= 15 is 0 Å². The summed E-state index contributed by atoms with van der Waals surface area (Å²) >= 11 is 0. The Hall–Kier alpha value is -1.00. The molecule has 1 saturated carbocycles. The lowest BCUT2D eigenvalue weighted by molar-refractivity contribution is -0.0626. The number of rotatable bonds is 6. The maximum absolute atomic E-state index is 6.17. The Kier molecular flexibility index (Phi) is 6.12. The van der Waals surface area contributed by atoms with E-state index in [-0.39, 0.29) is 5.60 Å². The minimum atomic E-state index is -0.265. The molecule has 1 aliphatic carbocycles. The van der Waals surface area contributed by atoms with Gasteiger partial charge in [0.2, 0.25) is 0 Å². The van der Waals surface area contributed by atoms with Gasteiger partial charge in [0.15, 0.2) is 5.82 Å². The Bertz CT molecular complexity index is 426. The van der Waals surface area contributed by atoms with Crippen molar-refractivity contribution in [2.24, 2.45) is 0 Å². The summed E-state index contributed by atoms with van der Waals surface area (Å²) in [6, 6.07) is 2.46. The highest BCUT2D eigenvalue weighted by molar-refractivity contribution is 5.09. The molecule has 0 aromatic carbocycles. The number of hydrogen-bond donors (Lipinski definition) is 1. The SMILES string of the molecule is CCOC1(c2nccc(CNC(C)C)n2)CCCCCC1. The van der Waals surface area contributed by atoms with Crippen molar-refractivity contribution in [1.82, 2.24) is 15.3 Å². The predicted molar refractivity (Wildman–Crippen MR) is 85.0 cm³/mol. The summed E-state index contributed by atoms with van der Waals surface area (Å²) in [7, 11) is 0. The molecule has 0 amide bonds. The van der Waals surface area contributed by atoms with E-state index < -0.39 is 0 Å². The summed E-state index contributed by atoms with van der Waals surface area (Å²) < 4.78 is 6.17. The number of nitrogens with one attached hydrogen (secondary N) is 1. The number of aromatic nitrogens is 2. The Morgan fingerprint density at radius 1 is 1.24 bits per heavy atom. The van der Waals surface area contributed by atoms with Crippen LogP contribution >= 0.6 is 0 Å². The van der Waals surface area contributed by atoms with Gasteiger partial charge < -0.3 is 10.1 Å². The van der Waals surface area contributed by atoms with Crippen LogP contribution in [0.4, 0.5) is 0 Å². The van der Waals surface area contributed by atoms with Crippen LogP contribution in [0.15, 0.2) is 12.3 Å². The molecule has 0 bridgehead atoms. The summed E-state index contributed by atoms with van der Waals surface area (Å²) in [5.74, 6) is 0.884. The van der Waals surface area contributed by atoms with Crippen molar-refractivity contribution >= 4 is 0 Å². The fraction of sp³-hybridized carbons (Fsp3) is 0.765. The second kappa shape index (κ2) is 7.85. The fourth-order valence-electron chi connectivity index (χ4n) is 3.03. The van der Waals surface area contributed by atoms with E-state index in [4.69, 9.17) is 9.72 Å². The first-order chi connectivity index (χ1) is 10.2. The second-order valence-corrected chi connectivity index (χ2v) is 6.25. The van der Waals surface area contributed by atoms with Crippen molar-refractivity contribution in [3.8, 4) is 0 Å². The van der Waals surface area contributed by atoms with E-state index in [1.165, 1.54) is 25.7 Å². The number of nitrogens with zero attached hydrogens (tertiary/aromatic N) is 2. The van der Waals surface area contributed by atoms with Crippen LogP contribution < -0.4 is 5.32 Å². The summed E-state index contributed by atoms with van der Waals surface area (Å²) in [4.78, 5) is 9.36. The molecule has 1 aliphatic rings. The molecule has 0 unspecified atom stereocenters. The van der Waals surface area contributed by atoms with E-state index in [2.05, 4.69) is 31.1 Å². The molecule has 118 valence electrons. The van der Waals surface area contributed by atoms with Gasteiger partial charge in [-0.2, -0.15) is 0 Å². The van der Waals surface area contributed by atoms with Gasteiger partial charge in [-0.05, 0) is 25.8 Å². The van der Waals surface area contributed by atoms with Crippen molar-refractivity contribution in [2.75, 3.05) is 6.61 Å². The Labute approximate surface area is 128 Å². The van der Waals surface area contributed by atoms with E-state index in [0.717, 1.165) is 37.5 Å². The first kappa shape index (κ1) is 16.4. The topological polar surface area (TPSA) is 47.0 Å². The van der Waals surface area contributed by atoms with Crippen molar-refractivity contribution < 1.29 is 4.74 Å². The molecular weight excluding hydrogens is 262 g/mol. The van der Waals surface area contributed by atoms with Gasteiger partial charge >= 0.3 is 0 Å². The molecule has 0 aliphatic heterocycles. The molecular formula is C17H29N3O. The van der Waals surface area contributed by atoms with Gasteiger partial charge in [0, 0.05) is 25.4 Å². The quantitative estimate of drug-likeness (QED) is 0.814. The van der Waals surface area contributed by atoms with Crippen LogP contribution in [0.25, 0.3) is 0 Å². The molecule has 2 rings (SSSR count). The molecule has 1 heterocycles. The van der Waals surface area contributed by atoms with E-state index in [1.54, 1.807) is 0 Å². The first-order valence-electron chi connectivity index (χ1n) is 8.36. The maximum Gasteiger partial charge on any atom is 0.160 e. The second-order valence-electron chi connectivity index (χ2n) is 6.25. The van der Waals surface area contributed by atoms with Gasteiger partial charge in [0.1, 0.15) is 5.60 Å². The minimum absolute atomic E-state index is 0.265. The largest absolute Gasteiger partial charge is 0.367 e. The number of hydrogen-bond acceptors (Lipinski definition) is 4. The highest BCUT2D eigenvalue weighted by atomic mass is 16.5. The highest BCUT2D eigenvalue weighted by Crippen LogP contribution is 2.37. The van der Waals surface area contributed by atoms with E-state index in [0.29, 0.717) is 6.04 Å². The third-order valence-corrected chi connectivity index (χ3v) is 4.14. The van der Waals surface area contributed by atoms with Gasteiger partial charge in [-0.25, -0.2) is 9.97 Å². The van der Waals surface area contributed by atoms with Crippen molar-refractivity contribution in [1.29, 1.82) is 0 Å². The average Bonchev–Trinajstić information content (AvgIpc) is 2.72. The third-order valence-electron chi connectivity index (χ3n) is 4.14. The monoisotopic (exact) mass is 291 g/mol. The minimum Gasteiger partial charge on any atom is -0.367 e. The molecule has 1 aromatic rings. The van der Waals surface area contributed by atoms with Gasteiger partial charge in [-0.3, -0.25) is 0 Å². The summed E-state index contributed by atoms with van der Waals surface area (Å²) in [5, 5.41) is 3.42. The van der Waals surface area contributed by atoms with E-state index in [9.17, 15) is 0 Å². The summed E-state index contributed by atoms with van der Waals surface area (Å²) in [5.41, 5.74) is 0.788. The van der Waals surface area contributed by atoms with Crippen LogP contribution in [0.2, 0.25) is 0 Å². The van der Waals surface area contributed by atoms with Crippen molar-refractivity contribution in [3.63, 3.8) is 0 Å². The van der Waals surface area contributed by atoms with Crippen LogP contribution in [-0.4, -0.2) is 22.6 Å². The van der Waals surface area contributed by atoms with Crippen molar-refractivity contribution in [2.45, 2.75) is 77.5 Å². The van der Waals surface area contributed by atoms with Gasteiger partial charge in [0.25, 0.3) is 0 Å². The molecule has 21 heavy (non-hydrogen) atoms.